The number of Topliss-reactive ketones (excluding diaryl/α,β-unsaturated/α-hetero) is 1. The Morgan fingerprint density at radius 2 is 2.03 bits per heavy atom. The molecule has 4 rings (SSSR count). The van der Waals surface area contributed by atoms with Gasteiger partial charge in [-0.05, 0) is 44.0 Å². The summed E-state index contributed by atoms with van der Waals surface area (Å²) < 4.78 is 16.9. The predicted octanol–water partition coefficient (Wildman–Crippen LogP) is 3.15. The topological polar surface area (TPSA) is 117 Å². The number of fused-ring (bicyclic) bond motifs is 2. The van der Waals surface area contributed by atoms with Crippen molar-refractivity contribution in [3.8, 4) is 5.75 Å². The van der Waals surface area contributed by atoms with Gasteiger partial charge in [0.2, 0.25) is 0 Å². The summed E-state index contributed by atoms with van der Waals surface area (Å²) in [5.41, 5.74) is 0.924. The van der Waals surface area contributed by atoms with Crippen molar-refractivity contribution < 1.29 is 28.6 Å². The van der Waals surface area contributed by atoms with Gasteiger partial charge >= 0.3 is 5.97 Å². The van der Waals surface area contributed by atoms with Crippen LogP contribution in [0.25, 0.3) is 10.2 Å². The molecule has 1 unspecified atom stereocenters. The number of carbonyl (C=O) groups excluding carboxylic acids is 3. The van der Waals surface area contributed by atoms with Crippen molar-refractivity contribution in [1.82, 2.24) is 9.55 Å². The molecule has 0 bridgehead atoms. The van der Waals surface area contributed by atoms with Crippen molar-refractivity contribution in [2.45, 2.75) is 33.2 Å². The molecule has 3 aromatic rings. The molecule has 0 spiro atoms. The quantitative estimate of drug-likeness (QED) is 0.243. The van der Waals surface area contributed by atoms with E-state index in [1.165, 1.54) is 18.0 Å². The van der Waals surface area contributed by atoms with Gasteiger partial charge in [0.05, 0.1) is 30.0 Å². The van der Waals surface area contributed by atoms with Crippen LogP contribution >= 0.6 is 11.3 Å². The van der Waals surface area contributed by atoms with Crippen LogP contribution < -0.4 is 15.2 Å². The van der Waals surface area contributed by atoms with Gasteiger partial charge in [0.1, 0.15) is 22.1 Å². The average molecular weight is 514 g/mol. The largest absolute Gasteiger partial charge is 0.482 e. The second kappa shape index (κ2) is 10.6. The van der Waals surface area contributed by atoms with E-state index >= 15 is 0 Å². The van der Waals surface area contributed by atoms with E-state index in [0.29, 0.717) is 33.9 Å². The number of aromatic nitrogens is 2. The number of methoxy groups -OCH3 is 1. The third-order valence-electron chi connectivity index (χ3n) is 6.01. The molecule has 2 aromatic heterocycles. The van der Waals surface area contributed by atoms with E-state index in [0.717, 1.165) is 17.8 Å². The Hall–Kier alpha value is -3.57. The van der Waals surface area contributed by atoms with Crippen molar-refractivity contribution in [3.05, 3.63) is 50.9 Å². The number of amides is 1. The first-order chi connectivity index (χ1) is 17.3. The first kappa shape index (κ1) is 25.5. The lowest BCUT2D eigenvalue weighted by Crippen LogP contribution is -2.39. The minimum Gasteiger partial charge on any atom is -0.482 e. The number of ether oxygens (including phenoxy) is 3. The Bertz CT molecular complexity index is 1390. The maximum atomic E-state index is 13.4. The van der Waals surface area contributed by atoms with Crippen LogP contribution in [0.4, 0.5) is 5.69 Å². The zero-order valence-electron chi connectivity index (χ0n) is 20.5. The molecule has 0 fully saturated rings. The van der Waals surface area contributed by atoms with Crippen LogP contribution in [0.5, 0.6) is 5.75 Å². The Morgan fingerprint density at radius 3 is 2.75 bits per heavy atom. The molecule has 190 valence electrons. The summed E-state index contributed by atoms with van der Waals surface area (Å²) in [6.45, 7) is 6.07. The molecule has 0 saturated heterocycles. The Kier molecular flexibility index (Phi) is 7.51. The smallest absolute Gasteiger partial charge is 0.348 e. The highest BCUT2D eigenvalue weighted by molar-refractivity contribution is 7.20. The maximum absolute atomic E-state index is 13.4. The number of rotatable bonds is 9. The molecule has 36 heavy (non-hydrogen) atoms. The second-order valence-electron chi connectivity index (χ2n) is 8.38. The standard InChI is InChI=1S/C25H27N3O7S/c1-5-8-27-17-11-16(6-7-18(17)35-12-19(27)29)21(30)15(3)28-13-26-23-20(24(28)31)14(2)22(36-23)25(32)34-10-9-33-4/h6-7,11,13,15H,5,8-10,12H2,1-4H3. The fourth-order valence-corrected chi connectivity index (χ4v) is 5.12. The van der Waals surface area contributed by atoms with Gasteiger partial charge in [0, 0.05) is 19.2 Å². The van der Waals surface area contributed by atoms with Crippen LogP contribution in [0.3, 0.4) is 0 Å². The molecule has 0 N–H and O–H groups in total. The zero-order valence-corrected chi connectivity index (χ0v) is 21.3. The van der Waals surface area contributed by atoms with E-state index in [4.69, 9.17) is 14.2 Å². The maximum Gasteiger partial charge on any atom is 0.348 e. The van der Waals surface area contributed by atoms with Gasteiger partial charge in [-0.2, -0.15) is 0 Å². The molecule has 1 aliphatic heterocycles. The van der Waals surface area contributed by atoms with Crippen molar-refractivity contribution in [2.24, 2.45) is 0 Å². The van der Waals surface area contributed by atoms with Crippen LogP contribution in [-0.2, 0) is 14.3 Å². The Balaban J connectivity index is 1.66. The van der Waals surface area contributed by atoms with Gasteiger partial charge in [-0.15, -0.1) is 11.3 Å². The number of thiophene rings is 1. The van der Waals surface area contributed by atoms with Gasteiger partial charge in [-0.25, -0.2) is 9.78 Å². The number of benzene rings is 1. The number of carbonyl (C=O) groups is 3. The molecular weight excluding hydrogens is 486 g/mol. The van der Waals surface area contributed by atoms with E-state index in [1.54, 1.807) is 36.9 Å². The summed E-state index contributed by atoms with van der Waals surface area (Å²) in [6.07, 6.45) is 2.07. The van der Waals surface area contributed by atoms with Crippen LogP contribution in [0.15, 0.2) is 29.3 Å². The van der Waals surface area contributed by atoms with E-state index in [-0.39, 0.29) is 41.8 Å². The lowest BCUT2D eigenvalue weighted by atomic mass is 10.0. The number of ketones is 1. The van der Waals surface area contributed by atoms with Gasteiger partial charge in [-0.1, -0.05) is 6.92 Å². The lowest BCUT2D eigenvalue weighted by Gasteiger charge is -2.29. The minimum absolute atomic E-state index is 0.0420. The number of anilines is 1. The van der Waals surface area contributed by atoms with E-state index in [1.807, 2.05) is 6.92 Å². The number of esters is 1. The van der Waals surface area contributed by atoms with Gasteiger partial charge in [-0.3, -0.25) is 19.0 Å². The molecular formula is C25H27N3O7S. The van der Waals surface area contributed by atoms with Gasteiger partial charge < -0.3 is 19.1 Å². The summed E-state index contributed by atoms with van der Waals surface area (Å²) in [7, 11) is 1.51. The zero-order chi connectivity index (χ0) is 26.0. The lowest BCUT2D eigenvalue weighted by molar-refractivity contribution is -0.121. The van der Waals surface area contributed by atoms with Crippen molar-refractivity contribution in [2.75, 3.05) is 38.4 Å². The molecule has 1 aromatic carbocycles. The second-order valence-corrected chi connectivity index (χ2v) is 9.38. The summed E-state index contributed by atoms with van der Waals surface area (Å²) in [4.78, 5) is 58.2. The molecule has 10 nitrogen and oxygen atoms in total. The predicted molar refractivity (Wildman–Crippen MR) is 134 cm³/mol. The third kappa shape index (κ3) is 4.63. The summed E-state index contributed by atoms with van der Waals surface area (Å²) in [6, 6.07) is 4.04. The molecule has 11 heteroatoms. The van der Waals surface area contributed by atoms with Crippen molar-refractivity contribution in [1.29, 1.82) is 0 Å². The monoisotopic (exact) mass is 513 g/mol. The number of nitrogens with zero attached hydrogens (tertiary/aromatic N) is 3. The molecule has 0 radical (unpaired) electrons. The van der Waals surface area contributed by atoms with Crippen LogP contribution in [0, 0.1) is 6.92 Å². The summed E-state index contributed by atoms with van der Waals surface area (Å²) in [5, 5.41) is 0.277. The number of hydrogen-bond donors (Lipinski definition) is 0. The summed E-state index contributed by atoms with van der Waals surface area (Å²) >= 11 is 1.07. The fourth-order valence-electron chi connectivity index (χ4n) is 4.08. The first-order valence-electron chi connectivity index (χ1n) is 11.6. The van der Waals surface area contributed by atoms with E-state index in [9.17, 15) is 19.2 Å². The Labute approximate surface area is 211 Å². The Morgan fingerprint density at radius 1 is 1.25 bits per heavy atom. The normalized spacial score (nSPS) is 13.9. The van der Waals surface area contributed by atoms with Crippen LogP contribution in [0.1, 0.15) is 51.9 Å². The van der Waals surface area contributed by atoms with Crippen molar-refractivity contribution >= 4 is 44.9 Å². The number of aryl methyl sites for hydroxylation is 1. The molecule has 3 heterocycles. The summed E-state index contributed by atoms with van der Waals surface area (Å²) in [5.74, 6) is -0.503. The highest BCUT2D eigenvalue weighted by Crippen LogP contribution is 2.34. The van der Waals surface area contributed by atoms with Gasteiger partial charge in [0.25, 0.3) is 11.5 Å². The molecule has 0 saturated carbocycles. The third-order valence-corrected chi connectivity index (χ3v) is 7.19. The minimum atomic E-state index is -0.872. The molecule has 1 atom stereocenters. The fraction of sp³-hybridized carbons (Fsp3) is 0.400. The molecule has 1 amide bonds. The highest BCUT2D eigenvalue weighted by Gasteiger charge is 2.28. The first-order valence-corrected chi connectivity index (χ1v) is 12.4. The van der Waals surface area contributed by atoms with Crippen molar-refractivity contribution in [3.63, 3.8) is 0 Å². The SMILES string of the molecule is CCCN1C(=O)COc2ccc(C(=O)C(C)n3cnc4sc(C(=O)OCCOC)c(C)c4c3=O)cc21. The van der Waals surface area contributed by atoms with E-state index < -0.39 is 17.6 Å². The van der Waals surface area contributed by atoms with Gasteiger partial charge in [0.15, 0.2) is 12.4 Å². The average Bonchev–Trinajstić information content (AvgIpc) is 3.22. The van der Waals surface area contributed by atoms with Crippen LogP contribution in [-0.4, -0.2) is 60.7 Å². The van der Waals surface area contributed by atoms with E-state index in [2.05, 4.69) is 4.98 Å². The number of hydrogen-bond acceptors (Lipinski definition) is 9. The molecule has 0 aliphatic carbocycles. The molecule has 1 aliphatic rings. The highest BCUT2D eigenvalue weighted by atomic mass is 32.1. The van der Waals surface area contributed by atoms with Crippen LogP contribution in [0.2, 0.25) is 0 Å².